The Hall–Kier alpha value is -1.51. The number of benzene rings is 1. The zero-order valence-corrected chi connectivity index (χ0v) is 9.00. The fraction of sp³-hybridized carbons (Fsp3) is 0.364. The SMILES string of the molecule is CC.CCc1ccc(NC(N)=O)cc1. The fourth-order valence-corrected chi connectivity index (χ4v) is 0.966. The lowest BCUT2D eigenvalue weighted by Crippen LogP contribution is -2.19. The highest BCUT2D eigenvalue weighted by molar-refractivity contribution is 5.87. The first-order valence-corrected chi connectivity index (χ1v) is 4.87. The molecule has 0 atom stereocenters. The number of nitrogens with two attached hydrogens (primary N) is 1. The first-order chi connectivity index (χ1) is 6.72. The molecule has 2 amide bonds. The summed E-state index contributed by atoms with van der Waals surface area (Å²) < 4.78 is 0. The maximum atomic E-state index is 10.4. The number of amides is 2. The Labute approximate surface area is 85.3 Å². The van der Waals surface area contributed by atoms with Crippen molar-refractivity contribution < 1.29 is 4.79 Å². The van der Waals surface area contributed by atoms with Crippen molar-refractivity contribution in [2.45, 2.75) is 27.2 Å². The van der Waals surface area contributed by atoms with E-state index < -0.39 is 6.03 Å². The van der Waals surface area contributed by atoms with E-state index >= 15 is 0 Å². The summed E-state index contributed by atoms with van der Waals surface area (Å²) in [7, 11) is 0. The summed E-state index contributed by atoms with van der Waals surface area (Å²) in [5, 5.41) is 2.49. The quantitative estimate of drug-likeness (QED) is 0.747. The smallest absolute Gasteiger partial charge is 0.316 e. The van der Waals surface area contributed by atoms with Crippen molar-refractivity contribution in [3.63, 3.8) is 0 Å². The molecule has 0 unspecified atom stereocenters. The Kier molecular flexibility index (Phi) is 6.20. The average molecular weight is 194 g/mol. The van der Waals surface area contributed by atoms with Gasteiger partial charge in [-0.2, -0.15) is 0 Å². The van der Waals surface area contributed by atoms with Gasteiger partial charge < -0.3 is 11.1 Å². The molecule has 0 heterocycles. The number of hydrogen-bond acceptors (Lipinski definition) is 1. The summed E-state index contributed by atoms with van der Waals surface area (Å²) in [6.45, 7) is 6.08. The van der Waals surface area contributed by atoms with E-state index in [9.17, 15) is 4.79 Å². The van der Waals surface area contributed by atoms with Crippen LogP contribution in [0.25, 0.3) is 0 Å². The number of anilines is 1. The second-order valence-electron chi connectivity index (χ2n) is 2.54. The van der Waals surface area contributed by atoms with E-state index in [0.29, 0.717) is 0 Å². The zero-order valence-electron chi connectivity index (χ0n) is 9.00. The average Bonchev–Trinajstić information content (AvgIpc) is 2.21. The molecule has 0 aromatic heterocycles. The molecule has 0 spiro atoms. The molecular weight excluding hydrogens is 176 g/mol. The van der Waals surface area contributed by atoms with Crippen molar-refractivity contribution in [2.24, 2.45) is 5.73 Å². The lowest BCUT2D eigenvalue weighted by atomic mass is 10.1. The van der Waals surface area contributed by atoms with E-state index in [4.69, 9.17) is 5.73 Å². The molecule has 0 saturated carbocycles. The molecule has 3 N–H and O–H groups in total. The fourth-order valence-electron chi connectivity index (χ4n) is 0.966. The Morgan fingerprint density at radius 2 is 1.79 bits per heavy atom. The van der Waals surface area contributed by atoms with Crippen molar-refractivity contribution in [1.29, 1.82) is 0 Å². The van der Waals surface area contributed by atoms with Gasteiger partial charge in [0, 0.05) is 5.69 Å². The molecule has 3 heteroatoms. The van der Waals surface area contributed by atoms with Crippen LogP contribution < -0.4 is 11.1 Å². The first-order valence-electron chi connectivity index (χ1n) is 4.87. The summed E-state index contributed by atoms with van der Waals surface area (Å²) in [6.07, 6.45) is 0.997. The predicted molar refractivity (Wildman–Crippen MR) is 60.4 cm³/mol. The third kappa shape index (κ3) is 4.50. The maximum absolute atomic E-state index is 10.4. The lowest BCUT2D eigenvalue weighted by molar-refractivity contribution is 0.259. The molecule has 0 aliphatic rings. The Balaban J connectivity index is 0.000000791. The number of carbonyl (C=O) groups is 1. The van der Waals surface area contributed by atoms with E-state index in [0.717, 1.165) is 12.1 Å². The van der Waals surface area contributed by atoms with Crippen molar-refractivity contribution in [2.75, 3.05) is 5.32 Å². The molecule has 14 heavy (non-hydrogen) atoms. The summed E-state index contributed by atoms with van der Waals surface area (Å²) in [5.74, 6) is 0. The van der Waals surface area contributed by atoms with Crippen molar-refractivity contribution >= 4 is 11.7 Å². The van der Waals surface area contributed by atoms with E-state index in [2.05, 4.69) is 12.2 Å². The molecule has 0 aliphatic carbocycles. The number of hydrogen-bond donors (Lipinski definition) is 2. The Morgan fingerprint density at radius 1 is 1.29 bits per heavy atom. The third-order valence-corrected chi connectivity index (χ3v) is 1.63. The lowest BCUT2D eigenvalue weighted by Gasteiger charge is -2.01. The molecule has 1 rings (SSSR count). The van der Waals surface area contributed by atoms with Crippen LogP contribution in [0.1, 0.15) is 26.3 Å². The summed E-state index contributed by atoms with van der Waals surface area (Å²) in [6, 6.07) is 7.07. The number of urea groups is 1. The van der Waals surface area contributed by atoms with Crippen molar-refractivity contribution in [1.82, 2.24) is 0 Å². The normalized spacial score (nSPS) is 8.50. The highest BCUT2D eigenvalue weighted by Crippen LogP contribution is 2.08. The minimum absolute atomic E-state index is 0.528. The number of carbonyl (C=O) groups excluding carboxylic acids is 1. The van der Waals surface area contributed by atoms with Gasteiger partial charge in [0.1, 0.15) is 0 Å². The highest BCUT2D eigenvalue weighted by Gasteiger charge is 1.94. The molecule has 0 radical (unpaired) electrons. The number of rotatable bonds is 2. The minimum Gasteiger partial charge on any atom is -0.351 e. The van der Waals surface area contributed by atoms with Crippen LogP contribution in [-0.4, -0.2) is 6.03 Å². The zero-order chi connectivity index (χ0) is 11.0. The van der Waals surface area contributed by atoms with Gasteiger partial charge in [0.25, 0.3) is 0 Å². The van der Waals surface area contributed by atoms with Crippen LogP contribution in [0.3, 0.4) is 0 Å². The maximum Gasteiger partial charge on any atom is 0.316 e. The minimum atomic E-state index is -0.528. The van der Waals surface area contributed by atoms with Gasteiger partial charge in [-0.15, -0.1) is 0 Å². The first kappa shape index (κ1) is 12.5. The molecular formula is C11H18N2O. The van der Waals surface area contributed by atoms with E-state index in [-0.39, 0.29) is 0 Å². The van der Waals surface area contributed by atoms with Crippen LogP contribution in [-0.2, 0) is 6.42 Å². The van der Waals surface area contributed by atoms with Crippen LogP contribution in [0.2, 0.25) is 0 Å². The van der Waals surface area contributed by atoms with Crippen LogP contribution in [0.15, 0.2) is 24.3 Å². The monoisotopic (exact) mass is 194 g/mol. The summed E-state index contributed by atoms with van der Waals surface area (Å²) in [4.78, 5) is 10.4. The second kappa shape index (κ2) is 6.95. The second-order valence-corrected chi connectivity index (χ2v) is 2.54. The van der Waals surface area contributed by atoms with Gasteiger partial charge in [0.05, 0.1) is 0 Å². The molecule has 0 fully saturated rings. The van der Waals surface area contributed by atoms with Gasteiger partial charge in [-0.05, 0) is 24.1 Å². The third-order valence-electron chi connectivity index (χ3n) is 1.63. The topological polar surface area (TPSA) is 55.1 Å². The van der Waals surface area contributed by atoms with E-state index in [1.54, 1.807) is 0 Å². The van der Waals surface area contributed by atoms with Crippen molar-refractivity contribution in [3.8, 4) is 0 Å². The van der Waals surface area contributed by atoms with Gasteiger partial charge in [-0.1, -0.05) is 32.9 Å². The van der Waals surface area contributed by atoms with Gasteiger partial charge in [0.2, 0.25) is 0 Å². The molecule has 78 valence electrons. The molecule has 3 nitrogen and oxygen atoms in total. The summed E-state index contributed by atoms with van der Waals surface area (Å²) >= 11 is 0. The Bertz CT molecular complexity index is 267. The molecule has 1 aromatic carbocycles. The van der Waals surface area contributed by atoms with Crippen molar-refractivity contribution in [3.05, 3.63) is 29.8 Å². The van der Waals surface area contributed by atoms with Gasteiger partial charge in [0.15, 0.2) is 0 Å². The van der Waals surface area contributed by atoms with Crippen LogP contribution in [0.5, 0.6) is 0 Å². The number of primary amides is 1. The summed E-state index contributed by atoms with van der Waals surface area (Å²) in [5.41, 5.74) is 6.92. The predicted octanol–water partition coefficient (Wildman–Crippen LogP) is 2.77. The molecule has 0 aliphatic heterocycles. The largest absolute Gasteiger partial charge is 0.351 e. The number of nitrogens with one attached hydrogen (secondary N) is 1. The van der Waals surface area contributed by atoms with Gasteiger partial charge >= 0.3 is 6.03 Å². The standard InChI is InChI=1S/C9H12N2O.C2H6/c1-2-7-3-5-8(6-4-7)11-9(10)12;1-2/h3-6H,2H2,1H3,(H3,10,11,12);1-2H3. The number of aryl methyl sites for hydroxylation is 1. The highest BCUT2D eigenvalue weighted by atomic mass is 16.2. The van der Waals surface area contributed by atoms with Crippen LogP contribution in [0, 0.1) is 0 Å². The van der Waals surface area contributed by atoms with Crippen LogP contribution >= 0.6 is 0 Å². The van der Waals surface area contributed by atoms with Crippen LogP contribution in [0.4, 0.5) is 10.5 Å². The molecule has 1 aromatic rings. The van der Waals surface area contributed by atoms with E-state index in [1.807, 2.05) is 38.1 Å². The Morgan fingerprint density at radius 3 is 2.14 bits per heavy atom. The molecule has 0 saturated heterocycles. The molecule has 0 bridgehead atoms. The van der Waals surface area contributed by atoms with E-state index in [1.165, 1.54) is 5.56 Å². The van der Waals surface area contributed by atoms with Gasteiger partial charge in [-0.25, -0.2) is 4.79 Å². The van der Waals surface area contributed by atoms with Gasteiger partial charge in [-0.3, -0.25) is 0 Å².